The van der Waals surface area contributed by atoms with Crippen LogP contribution in [0.2, 0.25) is 0 Å². The van der Waals surface area contributed by atoms with Gasteiger partial charge in [-0.05, 0) is 55.1 Å². The number of hydrogen-bond donors (Lipinski definition) is 1. The number of anilines is 2. The van der Waals surface area contributed by atoms with E-state index in [-0.39, 0.29) is 10.7 Å². The minimum absolute atomic E-state index is 0.142. The lowest BCUT2D eigenvalue weighted by Gasteiger charge is -2.17. The molecule has 0 radical (unpaired) electrons. The Morgan fingerprint density at radius 3 is 2.28 bits per heavy atom. The van der Waals surface area contributed by atoms with Crippen molar-refractivity contribution >= 4 is 45.4 Å². The highest BCUT2D eigenvalue weighted by Crippen LogP contribution is 2.31. The molecule has 0 atom stereocenters. The van der Waals surface area contributed by atoms with E-state index in [2.05, 4.69) is 20.1 Å². The number of thioether (sulfide) groups is 1. The number of nitrogens with one attached hydrogen (secondary N) is 1. The van der Waals surface area contributed by atoms with E-state index in [9.17, 15) is 27.6 Å². The second-order valence-corrected chi connectivity index (χ2v) is 8.61. The number of benzene rings is 2. The normalized spacial score (nSPS) is 13.6. The van der Waals surface area contributed by atoms with E-state index in [1.54, 1.807) is 50.2 Å². The number of alkyl halides is 3. The highest BCUT2D eigenvalue weighted by molar-refractivity contribution is 8.28. The van der Waals surface area contributed by atoms with Crippen LogP contribution in [0.25, 0.3) is 11.3 Å². The molecule has 3 aromatic rings. The van der Waals surface area contributed by atoms with Crippen molar-refractivity contribution in [3.05, 3.63) is 59.7 Å². The van der Waals surface area contributed by atoms with Crippen LogP contribution < -0.4 is 15.0 Å². The minimum Gasteiger partial charge on any atom is -0.406 e. The first-order valence-corrected chi connectivity index (χ1v) is 11.1. The van der Waals surface area contributed by atoms with Gasteiger partial charge < -0.3 is 15.0 Å². The standard InChI is InChI=1S/C23H18F3N5O4S/c1-12-17(13-4-8-15(9-5-13)30(2)22-28-20(33)21(34)36-22)29-31(3)18(12)27-19(32)14-6-10-16(11-7-14)35-23(24,25)26/h4-11H,1-3H3,(H,27,32). The Kier molecular flexibility index (Phi) is 6.59. The second-order valence-electron chi connectivity index (χ2n) is 7.67. The zero-order chi connectivity index (χ0) is 26.2. The van der Waals surface area contributed by atoms with E-state index in [1.165, 1.54) is 16.8 Å². The van der Waals surface area contributed by atoms with Crippen molar-refractivity contribution in [1.29, 1.82) is 0 Å². The van der Waals surface area contributed by atoms with Gasteiger partial charge in [0.15, 0.2) is 5.17 Å². The maximum Gasteiger partial charge on any atom is 0.573 e. The van der Waals surface area contributed by atoms with E-state index < -0.39 is 29.0 Å². The first-order chi connectivity index (χ1) is 16.9. The molecule has 0 unspecified atom stereocenters. The fraction of sp³-hybridized carbons (Fsp3) is 0.174. The summed E-state index contributed by atoms with van der Waals surface area (Å²) in [6, 6.07) is 11.7. The van der Waals surface area contributed by atoms with Crippen molar-refractivity contribution in [2.24, 2.45) is 12.0 Å². The summed E-state index contributed by atoms with van der Waals surface area (Å²) in [4.78, 5) is 40.9. The highest BCUT2D eigenvalue weighted by atomic mass is 32.2. The molecular weight excluding hydrogens is 499 g/mol. The summed E-state index contributed by atoms with van der Waals surface area (Å²) in [6.45, 7) is 1.78. The molecule has 9 nitrogen and oxygen atoms in total. The predicted octanol–water partition coefficient (Wildman–Crippen LogP) is 4.14. The largest absolute Gasteiger partial charge is 0.573 e. The predicted molar refractivity (Wildman–Crippen MR) is 128 cm³/mol. The molecule has 13 heteroatoms. The number of aryl methyl sites for hydroxylation is 1. The number of carbonyl (C=O) groups excluding carboxylic acids is 3. The van der Waals surface area contributed by atoms with Gasteiger partial charge in [0.25, 0.3) is 11.0 Å². The molecule has 2 heterocycles. The lowest BCUT2D eigenvalue weighted by Crippen LogP contribution is -2.22. The van der Waals surface area contributed by atoms with Crippen LogP contribution in [-0.2, 0) is 16.6 Å². The molecule has 36 heavy (non-hydrogen) atoms. The van der Waals surface area contributed by atoms with Gasteiger partial charge in [-0.1, -0.05) is 12.1 Å². The molecule has 1 aromatic heterocycles. The number of aliphatic imine (C=N–C) groups is 1. The minimum atomic E-state index is -4.82. The van der Waals surface area contributed by atoms with Crippen LogP contribution in [0, 0.1) is 6.92 Å². The van der Waals surface area contributed by atoms with Gasteiger partial charge in [0.1, 0.15) is 11.6 Å². The number of hydrogen-bond acceptors (Lipinski definition) is 7. The summed E-state index contributed by atoms with van der Waals surface area (Å²) in [5.41, 5.74) is 2.88. The molecule has 0 fully saturated rings. The third-order valence-corrected chi connectivity index (χ3v) is 6.14. The van der Waals surface area contributed by atoms with Gasteiger partial charge >= 0.3 is 12.3 Å². The Balaban J connectivity index is 1.50. The SMILES string of the molecule is Cc1c(-c2ccc(N(C)C3=NC(=O)C(=O)S3)cc2)nn(C)c1NC(=O)c1ccc(OC(F)(F)F)cc1. The Morgan fingerprint density at radius 1 is 1.08 bits per heavy atom. The fourth-order valence-corrected chi connectivity index (χ4v) is 4.11. The molecule has 0 aliphatic carbocycles. The van der Waals surface area contributed by atoms with Crippen molar-refractivity contribution < 1.29 is 32.3 Å². The zero-order valence-electron chi connectivity index (χ0n) is 19.1. The van der Waals surface area contributed by atoms with E-state index in [1.807, 2.05) is 0 Å². The smallest absolute Gasteiger partial charge is 0.406 e. The molecule has 186 valence electrons. The van der Waals surface area contributed by atoms with Crippen molar-refractivity contribution in [2.45, 2.75) is 13.3 Å². The number of amides is 2. The van der Waals surface area contributed by atoms with Crippen molar-refractivity contribution in [2.75, 3.05) is 17.3 Å². The molecule has 2 amide bonds. The molecule has 4 rings (SSSR count). The summed E-state index contributed by atoms with van der Waals surface area (Å²) >= 11 is 0.766. The Labute approximate surface area is 206 Å². The Bertz CT molecular complexity index is 1380. The van der Waals surface area contributed by atoms with Crippen molar-refractivity contribution in [3.63, 3.8) is 0 Å². The van der Waals surface area contributed by atoms with Gasteiger partial charge in [-0.25, -0.2) is 0 Å². The molecule has 1 aliphatic rings. The third-order valence-electron chi connectivity index (χ3n) is 5.24. The van der Waals surface area contributed by atoms with Gasteiger partial charge in [0.05, 0.1) is 5.69 Å². The number of carbonyl (C=O) groups is 3. The summed E-state index contributed by atoms with van der Waals surface area (Å²) in [5.74, 6) is -1.32. The summed E-state index contributed by atoms with van der Waals surface area (Å²) < 4.78 is 42.3. The van der Waals surface area contributed by atoms with Gasteiger partial charge in [-0.2, -0.15) is 10.1 Å². The summed E-state index contributed by atoms with van der Waals surface area (Å²) in [6.07, 6.45) is -4.82. The molecule has 0 bridgehead atoms. The van der Waals surface area contributed by atoms with Crippen LogP contribution in [-0.4, -0.2) is 45.3 Å². The summed E-state index contributed by atoms with van der Waals surface area (Å²) in [7, 11) is 3.34. The van der Waals surface area contributed by atoms with Crippen LogP contribution >= 0.6 is 11.8 Å². The quantitative estimate of drug-likeness (QED) is 0.507. The first kappa shape index (κ1) is 25.0. The summed E-state index contributed by atoms with van der Waals surface area (Å²) in [5, 5.41) is 6.87. The van der Waals surface area contributed by atoms with Crippen LogP contribution in [0.4, 0.5) is 24.7 Å². The van der Waals surface area contributed by atoms with Crippen LogP contribution in [0.5, 0.6) is 5.75 Å². The third kappa shape index (κ3) is 5.25. The van der Waals surface area contributed by atoms with E-state index in [0.717, 1.165) is 29.5 Å². The average Bonchev–Trinajstić information content (AvgIpc) is 3.31. The van der Waals surface area contributed by atoms with Crippen molar-refractivity contribution in [1.82, 2.24) is 9.78 Å². The highest BCUT2D eigenvalue weighted by Gasteiger charge is 2.31. The second kappa shape index (κ2) is 9.49. The van der Waals surface area contributed by atoms with Gasteiger partial charge in [0, 0.05) is 36.5 Å². The van der Waals surface area contributed by atoms with Crippen LogP contribution in [0.3, 0.4) is 0 Å². The lowest BCUT2D eigenvalue weighted by atomic mass is 10.1. The maximum absolute atomic E-state index is 12.7. The first-order valence-electron chi connectivity index (χ1n) is 10.3. The number of ether oxygens (including phenoxy) is 1. The van der Waals surface area contributed by atoms with E-state index in [4.69, 9.17) is 0 Å². The van der Waals surface area contributed by atoms with Crippen molar-refractivity contribution in [3.8, 4) is 17.0 Å². The van der Waals surface area contributed by atoms with Gasteiger partial charge in [0.2, 0.25) is 0 Å². The van der Waals surface area contributed by atoms with Crippen LogP contribution in [0.15, 0.2) is 53.5 Å². The average molecular weight is 517 g/mol. The van der Waals surface area contributed by atoms with Gasteiger partial charge in [-0.15, -0.1) is 13.2 Å². The number of rotatable bonds is 5. The van der Waals surface area contributed by atoms with E-state index >= 15 is 0 Å². The zero-order valence-corrected chi connectivity index (χ0v) is 19.9. The number of amidine groups is 1. The lowest BCUT2D eigenvalue weighted by molar-refractivity contribution is -0.274. The Hall–Kier alpha value is -4.13. The maximum atomic E-state index is 12.7. The number of nitrogens with zero attached hydrogens (tertiary/aromatic N) is 4. The topological polar surface area (TPSA) is 106 Å². The van der Waals surface area contributed by atoms with Gasteiger partial charge in [-0.3, -0.25) is 19.1 Å². The molecule has 0 saturated heterocycles. The molecule has 0 spiro atoms. The molecule has 1 N–H and O–H groups in total. The number of halogens is 3. The molecular formula is C23H18F3N5O4S. The molecule has 1 aliphatic heterocycles. The monoisotopic (exact) mass is 517 g/mol. The van der Waals surface area contributed by atoms with E-state index in [0.29, 0.717) is 22.8 Å². The molecule has 2 aromatic carbocycles. The number of aromatic nitrogens is 2. The fourth-order valence-electron chi connectivity index (χ4n) is 3.45. The van der Waals surface area contributed by atoms with Crippen LogP contribution in [0.1, 0.15) is 15.9 Å². The molecule has 0 saturated carbocycles. The Morgan fingerprint density at radius 2 is 1.72 bits per heavy atom.